The van der Waals surface area contributed by atoms with Crippen molar-refractivity contribution in [2.75, 3.05) is 0 Å². The molecule has 2 atom stereocenters. The molecule has 0 saturated heterocycles. The summed E-state index contributed by atoms with van der Waals surface area (Å²) in [7, 11) is 0. The minimum Gasteiger partial charge on any atom is -0.480 e. The van der Waals surface area contributed by atoms with Crippen molar-refractivity contribution < 1.29 is 19.5 Å². The van der Waals surface area contributed by atoms with Crippen LogP contribution in [0.2, 0.25) is 0 Å². The van der Waals surface area contributed by atoms with E-state index in [9.17, 15) is 14.4 Å². The van der Waals surface area contributed by atoms with Gasteiger partial charge in [0.15, 0.2) is 0 Å². The van der Waals surface area contributed by atoms with Crippen LogP contribution in [0.3, 0.4) is 0 Å². The van der Waals surface area contributed by atoms with E-state index in [1.165, 1.54) is 6.92 Å². The van der Waals surface area contributed by atoms with E-state index < -0.39 is 24.0 Å². The largest absolute Gasteiger partial charge is 0.480 e. The Kier molecular flexibility index (Phi) is 6.82. The second-order valence-electron chi connectivity index (χ2n) is 4.98. The fraction of sp³-hybridized carbons (Fsp3) is 0.615. The third-order valence-electron chi connectivity index (χ3n) is 2.48. The Morgan fingerprint density at radius 1 is 1.16 bits per heavy atom. The van der Waals surface area contributed by atoms with Gasteiger partial charge < -0.3 is 15.7 Å². The van der Waals surface area contributed by atoms with Gasteiger partial charge in [-0.2, -0.15) is 0 Å². The highest BCUT2D eigenvalue weighted by Crippen LogP contribution is 2.06. The van der Waals surface area contributed by atoms with Gasteiger partial charge in [-0.15, -0.1) is 6.58 Å². The number of hydrogen-bond donors (Lipinski definition) is 3. The quantitative estimate of drug-likeness (QED) is 0.593. The van der Waals surface area contributed by atoms with Gasteiger partial charge in [0.25, 0.3) is 0 Å². The van der Waals surface area contributed by atoms with Crippen molar-refractivity contribution in [1.82, 2.24) is 10.6 Å². The van der Waals surface area contributed by atoms with E-state index in [1.54, 1.807) is 20.8 Å². The molecule has 0 radical (unpaired) electrons. The van der Waals surface area contributed by atoms with E-state index in [0.717, 1.165) is 0 Å². The molecular formula is C13H22N2O4. The highest BCUT2D eigenvalue weighted by Gasteiger charge is 2.27. The van der Waals surface area contributed by atoms with Crippen molar-refractivity contribution in [3.05, 3.63) is 12.2 Å². The zero-order chi connectivity index (χ0) is 15.2. The van der Waals surface area contributed by atoms with Crippen LogP contribution in [0.4, 0.5) is 0 Å². The summed E-state index contributed by atoms with van der Waals surface area (Å²) >= 11 is 0. The van der Waals surface area contributed by atoms with E-state index in [4.69, 9.17) is 5.11 Å². The molecule has 0 fully saturated rings. The Bertz CT molecular complexity index is 377. The number of carbonyl (C=O) groups excluding carboxylic acids is 2. The standard InChI is InChI=1S/C13H22N2O4/c1-7(2)6-10(13(18)19)15-12(17)11(8(3)4)14-9(5)16/h8,10-11H,1,6H2,2-5H3,(H,14,16)(H,15,17)(H,18,19)/t10-,11+/m0/s1. The maximum absolute atomic E-state index is 12.0. The lowest BCUT2D eigenvalue weighted by Crippen LogP contribution is -2.53. The number of amides is 2. The molecule has 6 heteroatoms. The van der Waals surface area contributed by atoms with Crippen molar-refractivity contribution in [2.45, 2.75) is 46.2 Å². The van der Waals surface area contributed by atoms with Crippen molar-refractivity contribution in [3.63, 3.8) is 0 Å². The second kappa shape index (κ2) is 7.56. The molecule has 0 aliphatic rings. The molecule has 0 aromatic heterocycles. The normalized spacial score (nSPS) is 13.5. The van der Waals surface area contributed by atoms with E-state index >= 15 is 0 Å². The number of carboxylic acids is 1. The molecule has 108 valence electrons. The first-order valence-electron chi connectivity index (χ1n) is 6.09. The molecule has 0 unspecified atom stereocenters. The first-order chi connectivity index (χ1) is 8.65. The van der Waals surface area contributed by atoms with Crippen LogP contribution in [0.5, 0.6) is 0 Å². The molecule has 0 saturated carbocycles. The minimum absolute atomic E-state index is 0.136. The van der Waals surface area contributed by atoms with E-state index in [2.05, 4.69) is 17.2 Å². The average molecular weight is 270 g/mol. The van der Waals surface area contributed by atoms with Gasteiger partial charge in [0.1, 0.15) is 12.1 Å². The third-order valence-corrected chi connectivity index (χ3v) is 2.48. The van der Waals surface area contributed by atoms with Crippen LogP contribution in [-0.2, 0) is 14.4 Å². The Morgan fingerprint density at radius 3 is 2.00 bits per heavy atom. The Morgan fingerprint density at radius 2 is 1.68 bits per heavy atom. The lowest BCUT2D eigenvalue weighted by Gasteiger charge is -2.23. The summed E-state index contributed by atoms with van der Waals surface area (Å²) < 4.78 is 0. The predicted octanol–water partition coefficient (Wildman–Crippen LogP) is 0.683. The SMILES string of the molecule is C=C(C)C[C@H](NC(=O)[C@H](NC(C)=O)C(C)C)C(=O)O. The average Bonchev–Trinajstić information content (AvgIpc) is 2.23. The topological polar surface area (TPSA) is 95.5 Å². The van der Waals surface area contributed by atoms with Crippen LogP contribution < -0.4 is 10.6 Å². The molecule has 0 rings (SSSR count). The van der Waals surface area contributed by atoms with Crippen LogP contribution in [0.1, 0.15) is 34.1 Å². The number of nitrogens with one attached hydrogen (secondary N) is 2. The summed E-state index contributed by atoms with van der Waals surface area (Å²) in [6.07, 6.45) is 0.159. The molecule has 0 bridgehead atoms. The number of carbonyl (C=O) groups is 3. The number of hydrogen-bond acceptors (Lipinski definition) is 3. The van der Waals surface area contributed by atoms with Gasteiger partial charge in [-0.05, 0) is 19.3 Å². The summed E-state index contributed by atoms with van der Waals surface area (Å²) in [6, 6.07) is -1.77. The molecule has 0 aliphatic heterocycles. The van der Waals surface area contributed by atoms with E-state index in [1.807, 2.05) is 0 Å². The van der Waals surface area contributed by atoms with Crippen molar-refractivity contribution in [3.8, 4) is 0 Å². The maximum Gasteiger partial charge on any atom is 0.326 e. The van der Waals surface area contributed by atoms with Gasteiger partial charge in [-0.3, -0.25) is 9.59 Å². The van der Waals surface area contributed by atoms with Crippen molar-refractivity contribution in [2.24, 2.45) is 5.92 Å². The molecule has 0 aromatic rings. The number of aliphatic carboxylic acids is 1. The fourth-order valence-corrected chi connectivity index (χ4v) is 1.56. The molecule has 3 N–H and O–H groups in total. The lowest BCUT2D eigenvalue weighted by atomic mass is 10.0. The second-order valence-corrected chi connectivity index (χ2v) is 4.98. The Balaban J connectivity index is 4.80. The van der Waals surface area contributed by atoms with Crippen LogP contribution in [0.25, 0.3) is 0 Å². The molecule has 0 aromatic carbocycles. The van der Waals surface area contributed by atoms with Crippen LogP contribution in [0, 0.1) is 5.92 Å². The summed E-state index contributed by atoms with van der Waals surface area (Å²) in [6.45, 7) is 10.2. The molecule has 0 heterocycles. The van der Waals surface area contributed by atoms with E-state index in [0.29, 0.717) is 5.57 Å². The summed E-state index contributed by atoms with van der Waals surface area (Å²) in [5.74, 6) is -2.09. The fourth-order valence-electron chi connectivity index (χ4n) is 1.56. The first kappa shape index (κ1) is 17.2. The van der Waals surface area contributed by atoms with Crippen molar-refractivity contribution >= 4 is 17.8 Å². The Hall–Kier alpha value is -1.85. The molecular weight excluding hydrogens is 248 g/mol. The molecule has 19 heavy (non-hydrogen) atoms. The predicted molar refractivity (Wildman–Crippen MR) is 71.4 cm³/mol. The molecule has 0 aliphatic carbocycles. The van der Waals surface area contributed by atoms with Crippen LogP contribution in [0.15, 0.2) is 12.2 Å². The summed E-state index contributed by atoms with van der Waals surface area (Å²) in [5, 5.41) is 14.0. The smallest absolute Gasteiger partial charge is 0.326 e. The lowest BCUT2D eigenvalue weighted by molar-refractivity contribution is -0.142. The molecule has 6 nitrogen and oxygen atoms in total. The number of carboxylic acid groups (broad SMARTS) is 1. The summed E-state index contributed by atoms with van der Waals surface area (Å²) in [4.78, 5) is 34.1. The Labute approximate surface area is 113 Å². The monoisotopic (exact) mass is 270 g/mol. The molecule has 2 amide bonds. The first-order valence-corrected chi connectivity index (χ1v) is 6.09. The van der Waals surface area contributed by atoms with Crippen LogP contribution >= 0.6 is 0 Å². The minimum atomic E-state index is -1.12. The highest BCUT2D eigenvalue weighted by atomic mass is 16.4. The van der Waals surface area contributed by atoms with Gasteiger partial charge in [-0.25, -0.2) is 4.79 Å². The van der Waals surface area contributed by atoms with E-state index in [-0.39, 0.29) is 18.2 Å². The molecule has 0 spiro atoms. The third kappa shape index (κ3) is 6.59. The zero-order valence-electron chi connectivity index (χ0n) is 11.8. The van der Waals surface area contributed by atoms with Gasteiger partial charge in [-0.1, -0.05) is 19.4 Å². The van der Waals surface area contributed by atoms with Crippen LogP contribution in [-0.4, -0.2) is 35.0 Å². The zero-order valence-corrected chi connectivity index (χ0v) is 11.8. The van der Waals surface area contributed by atoms with Crippen molar-refractivity contribution in [1.29, 1.82) is 0 Å². The number of rotatable bonds is 7. The maximum atomic E-state index is 12.0. The highest BCUT2D eigenvalue weighted by molar-refractivity contribution is 5.90. The summed E-state index contributed by atoms with van der Waals surface area (Å²) in [5.41, 5.74) is 0.660. The van der Waals surface area contributed by atoms with Gasteiger partial charge in [0.2, 0.25) is 11.8 Å². The van der Waals surface area contributed by atoms with Gasteiger partial charge in [0.05, 0.1) is 0 Å². The van der Waals surface area contributed by atoms with Gasteiger partial charge >= 0.3 is 5.97 Å². The van der Waals surface area contributed by atoms with Gasteiger partial charge in [0, 0.05) is 6.92 Å².